The molecule has 0 amide bonds. The Balaban J connectivity index is 1.53. The molecule has 37 heavy (non-hydrogen) atoms. The van der Waals surface area contributed by atoms with Gasteiger partial charge in [-0.3, -0.25) is 9.59 Å². The van der Waals surface area contributed by atoms with Crippen LogP contribution in [0.3, 0.4) is 0 Å². The zero-order valence-electron chi connectivity index (χ0n) is 25.2. The Bertz CT molecular complexity index is 937. The van der Waals surface area contributed by atoms with Crippen molar-refractivity contribution in [2.75, 3.05) is 0 Å². The number of hydrogen-bond acceptors (Lipinski definition) is 4. The Morgan fingerprint density at radius 2 is 1.32 bits per heavy atom. The smallest absolute Gasteiger partial charge is 0.302 e. The van der Waals surface area contributed by atoms with Gasteiger partial charge in [-0.15, -0.1) is 0 Å². The topological polar surface area (TPSA) is 52.6 Å². The first-order valence-corrected chi connectivity index (χ1v) is 15.4. The standard InChI is InChI=1S/C33H54O4/c1-20(34)36-24-18-26-32(8,22-10-13-31(7)17-16-29(3,4)19-23(31)28(22)24)14-11-25-30(5,6)27(37-21(2)35)12-15-33(25,26)9/h22-28H,10-19H2,1-9H3. The van der Waals surface area contributed by atoms with E-state index in [0.29, 0.717) is 40.4 Å². The molecule has 4 heteroatoms. The fourth-order valence-electron chi connectivity index (χ4n) is 11.6. The molecule has 0 aromatic heterocycles. The average Bonchev–Trinajstić information content (AvgIpc) is 2.76. The van der Waals surface area contributed by atoms with E-state index >= 15 is 0 Å². The van der Waals surface area contributed by atoms with Crippen LogP contribution in [-0.4, -0.2) is 24.1 Å². The zero-order valence-corrected chi connectivity index (χ0v) is 25.2. The highest BCUT2D eigenvalue weighted by Crippen LogP contribution is 2.73. The molecule has 0 heterocycles. The minimum Gasteiger partial charge on any atom is -0.462 e. The lowest BCUT2D eigenvalue weighted by atomic mass is 9.35. The first-order valence-electron chi connectivity index (χ1n) is 15.4. The number of rotatable bonds is 2. The van der Waals surface area contributed by atoms with Crippen LogP contribution in [0, 0.1) is 56.7 Å². The van der Waals surface area contributed by atoms with Crippen LogP contribution in [0.5, 0.6) is 0 Å². The summed E-state index contributed by atoms with van der Waals surface area (Å²) >= 11 is 0. The second-order valence-corrected chi connectivity index (χ2v) is 16.3. The third-order valence-corrected chi connectivity index (χ3v) is 13.4. The first-order chi connectivity index (χ1) is 17.0. The molecule has 5 aliphatic carbocycles. The quantitative estimate of drug-likeness (QED) is 0.351. The van der Waals surface area contributed by atoms with E-state index in [4.69, 9.17) is 9.47 Å². The highest BCUT2D eigenvalue weighted by atomic mass is 16.5. The lowest BCUT2D eigenvalue weighted by molar-refractivity contribution is -0.249. The van der Waals surface area contributed by atoms with Crippen molar-refractivity contribution in [3.8, 4) is 0 Å². The van der Waals surface area contributed by atoms with E-state index in [2.05, 4.69) is 48.5 Å². The molecule has 0 aromatic rings. The summed E-state index contributed by atoms with van der Waals surface area (Å²) in [5, 5.41) is 0. The molecule has 10 atom stereocenters. The minimum absolute atomic E-state index is 0.00658. The molecule has 0 saturated heterocycles. The van der Waals surface area contributed by atoms with Gasteiger partial charge in [0.2, 0.25) is 0 Å². The average molecular weight is 515 g/mol. The molecule has 0 bridgehead atoms. The molecule has 0 spiro atoms. The van der Waals surface area contributed by atoms with Gasteiger partial charge in [0.15, 0.2) is 0 Å². The lowest BCUT2D eigenvalue weighted by Crippen LogP contribution is -2.66. The van der Waals surface area contributed by atoms with Crippen LogP contribution in [0.2, 0.25) is 0 Å². The van der Waals surface area contributed by atoms with E-state index in [-0.39, 0.29) is 40.4 Å². The van der Waals surface area contributed by atoms with Crippen LogP contribution < -0.4 is 0 Å². The van der Waals surface area contributed by atoms with Crippen molar-refractivity contribution < 1.29 is 19.1 Å². The molecule has 10 unspecified atom stereocenters. The predicted molar refractivity (Wildman–Crippen MR) is 147 cm³/mol. The van der Waals surface area contributed by atoms with Crippen LogP contribution in [0.15, 0.2) is 0 Å². The molecular formula is C33H54O4. The number of fused-ring (bicyclic) bond motifs is 7. The molecule has 0 radical (unpaired) electrons. The van der Waals surface area contributed by atoms with Crippen LogP contribution >= 0.6 is 0 Å². The molecule has 210 valence electrons. The van der Waals surface area contributed by atoms with Crippen molar-refractivity contribution in [3.05, 3.63) is 0 Å². The largest absolute Gasteiger partial charge is 0.462 e. The molecular weight excluding hydrogens is 460 g/mol. The Labute approximate surface area is 226 Å². The summed E-state index contributed by atoms with van der Waals surface area (Å²) in [6.45, 7) is 20.5. The van der Waals surface area contributed by atoms with Crippen molar-refractivity contribution in [1.82, 2.24) is 0 Å². The van der Waals surface area contributed by atoms with E-state index in [1.54, 1.807) is 13.8 Å². The third-order valence-electron chi connectivity index (χ3n) is 13.4. The molecule has 5 rings (SSSR count). The number of esters is 2. The summed E-state index contributed by atoms with van der Waals surface area (Å²) in [5.41, 5.74) is 1.14. The second kappa shape index (κ2) is 8.72. The van der Waals surface area contributed by atoms with Crippen molar-refractivity contribution >= 4 is 11.9 Å². The summed E-state index contributed by atoms with van der Waals surface area (Å²) < 4.78 is 12.3. The molecule has 5 aliphatic rings. The fraction of sp³-hybridized carbons (Fsp3) is 0.939. The number of carbonyl (C=O) groups is 2. The minimum atomic E-state index is -0.154. The van der Waals surface area contributed by atoms with Crippen LogP contribution in [0.25, 0.3) is 0 Å². The van der Waals surface area contributed by atoms with Crippen LogP contribution in [0.1, 0.15) is 127 Å². The van der Waals surface area contributed by atoms with E-state index in [9.17, 15) is 9.59 Å². The summed E-state index contributed by atoms with van der Waals surface area (Å²) in [4.78, 5) is 24.5. The maximum absolute atomic E-state index is 12.5. The van der Waals surface area contributed by atoms with Crippen molar-refractivity contribution in [3.63, 3.8) is 0 Å². The zero-order chi connectivity index (χ0) is 27.2. The van der Waals surface area contributed by atoms with Crippen LogP contribution in [-0.2, 0) is 19.1 Å². The van der Waals surface area contributed by atoms with Gasteiger partial charge in [0.05, 0.1) is 0 Å². The van der Waals surface area contributed by atoms with E-state index in [0.717, 1.165) is 19.3 Å². The molecule has 0 aliphatic heterocycles. The maximum Gasteiger partial charge on any atom is 0.302 e. The predicted octanol–water partition coefficient (Wildman–Crippen LogP) is 7.97. The van der Waals surface area contributed by atoms with Crippen molar-refractivity contribution in [2.24, 2.45) is 56.7 Å². The molecule has 0 N–H and O–H groups in total. The van der Waals surface area contributed by atoms with Gasteiger partial charge in [-0.25, -0.2) is 0 Å². The number of hydrogen-bond donors (Lipinski definition) is 0. The molecule has 4 nitrogen and oxygen atoms in total. The highest BCUT2D eigenvalue weighted by Gasteiger charge is 2.68. The normalized spacial score (nSPS) is 49.9. The van der Waals surface area contributed by atoms with Gasteiger partial charge in [-0.2, -0.15) is 0 Å². The molecule has 5 fully saturated rings. The molecule has 5 saturated carbocycles. The number of ether oxygens (including phenoxy) is 2. The van der Waals surface area contributed by atoms with Crippen molar-refractivity contribution in [2.45, 2.75) is 139 Å². The maximum atomic E-state index is 12.5. The van der Waals surface area contributed by atoms with Gasteiger partial charge in [-0.05, 0) is 110 Å². The SMILES string of the molecule is CC(=O)OC1CC2C(C)(CCC3C(C)(C)C(OC(C)=O)CCC32C)C2CCC3(C)CCC(C)(C)CC3C12. The first kappa shape index (κ1) is 27.5. The van der Waals surface area contributed by atoms with Gasteiger partial charge in [-0.1, -0.05) is 48.5 Å². The fourth-order valence-corrected chi connectivity index (χ4v) is 11.6. The summed E-state index contributed by atoms with van der Waals surface area (Å²) in [5.74, 6) is 2.52. The lowest BCUT2D eigenvalue weighted by Gasteiger charge is -2.71. The number of carbonyl (C=O) groups excluding carboxylic acids is 2. The van der Waals surface area contributed by atoms with E-state index in [1.807, 2.05) is 0 Å². The van der Waals surface area contributed by atoms with E-state index < -0.39 is 0 Å². The third kappa shape index (κ3) is 4.21. The van der Waals surface area contributed by atoms with Gasteiger partial charge < -0.3 is 9.47 Å². The van der Waals surface area contributed by atoms with E-state index in [1.165, 1.54) is 44.9 Å². The van der Waals surface area contributed by atoms with Gasteiger partial charge >= 0.3 is 11.9 Å². The second-order valence-electron chi connectivity index (χ2n) is 16.3. The van der Waals surface area contributed by atoms with Gasteiger partial charge in [0, 0.05) is 25.2 Å². The summed E-state index contributed by atoms with van der Waals surface area (Å²) in [6, 6.07) is 0. The summed E-state index contributed by atoms with van der Waals surface area (Å²) in [7, 11) is 0. The monoisotopic (exact) mass is 514 g/mol. The molecule has 0 aromatic carbocycles. The van der Waals surface area contributed by atoms with Crippen molar-refractivity contribution in [1.29, 1.82) is 0 Å². The van der Waals surface area contributed by atoms with Crippen LogP contribution in [0.4, 0.5) is 0 Å². The van der Waals surface area contributed by atoms with Gasteiger partial charge in [0.25, 0.3) is 0 Å². The summed E-state index contributed by atoms with van der Waals surface area (Å²) in [6.07, 6.45) is 12.0. The Morgan fingerprint density at radius 3 is 1.97 bits per heavy atom. The Hall–Kier alpha value is -1.06. The Morgan fingerprint density at radius 1 is 0.676 bits per heavy atom. The van der Waals surface area contributed by atoms with Gasteiger partial charge in [0.1, 0.15) is 12.2 Å². The highest BCUT2D eigenvalue weighted by molar-refractivity contribution is 5.66. The Kier molecular flexibility index (Phi) is 6.48.